The van der Waals surface area contributed by atoms with Gasteiger partial charge in [-0.2, -0.15) is 4.98 Å². The van der Waals surface area contributed by atoms with Crippen molar-refractivity contribution in [3.63, 3.8) is 0 Å². The first kappa shape index (κ1) is 24.3. The molecule has 198 valence electrons. The molecule has 11 nitrogen and oxygen atoms in total. The van der Waals surface area contributed by atoms with Gasteiger partial charge in [-0.3, -0.25) is 20.1 Å². The Kier molecular flexibility index (Phi) is 5.82. The number of anilines is 2. The van der Waals surface area contributed by atoms with Gasteiger partial charge in [0.1, 0.15) is 17.2 Å². The first-order valence-corrected chi connectivity index (χ1v) is 12.3. The zero-order valence-electron chi connectivity index (χ0n) is 21.5. The quantitative estimate of drug-likeness (QED) is 0.337. The highest BCUT2D eigenvalue weighted by atomic mass is 16.5. The van der Waals surface area contributed by atoms with Crippen molar-refractivity contribution in [2.45, 2.75) is 25.1 Å². The minimum absolute atomic E-state index is 0.0972. The number of aromatic nitrogens is 3. The fourth-order valence-corrected chi connectivity index (χ4v) is 5.06. The van der Waals surface area contributed by atoms with E-state index >= 15 is 0 Å². The number of urea groups is 1. The third kappa shape index (κ3) is 4.37. The molecule has 0 saturated carbocycles. The normalized spacial score (nSPS) is 19.4. The second-order valence-corrected chi connectivity index (χ2v) is 9.47. The number of methoxy groups -OCH3 is 2. The van der Waals surface area contributed by atoms with Gasteiger partial charge in [0.25, 0.3) is 5.91 Å². The van der Waals surface area contributed by atoms with Gasteiger partial charge in [-0.25, -0.2) is 4.79 Å². The number of hydrogen-bond acceptors (Lipinski definition) is 7. The van der Waals surface area contributed by atoms with Gasteiger partial charge in [0, 0.05) is 29.2 Å². The summed E-state index contributed by atoms with van der Waals surface area (Å²) in [5, 5.41) is 12.7. The van der Waals surface area contributed by atoms with E-state index in [0.717, 1.165) is 11.3 Å². The molecule has 2 aliphatic rings. The van der Waals surface area contributed by atoms with E-state index in [0.29, 0.717) is 40.6 Å². The van der Waals surface area contributed by atoms with E-state index in [2.05, 4.69) is 25.8 Å². The number of carbonyl (C=O) groups excluding carboxylic acids is 2. The fraction of sp³-hybridized carbons (Fsp3) is 0.214. The van der Waals surface area contributed by atoms with Gasteiger partial charge in [-0.15, -0.1) is 5.10 Å². The van der Waals surface area contributed by atoms with Crippen LogP contribution >= 0.6 is 0 Å². The minimum Gasteiger partial charge on any atom is -0.497 e. The molecule has 1 saturated heterocycles. The number of benzene rings is 3. The predicted molar refractivity (Wildman–Crippen MR) is 143 cm³/mol. The zero-order valence-corrected chi connectivity index (χ0v) is 21.5. The highest BCUT2D eigenvalue weighted by Gasteiger charge is 2.49. The van der Waals surface area contributed by atoms with Crippen LogP contribution in [0.5, 0.6) is 17.2 Å². The third-order valence-electron chi connectivity index (χ3n) is 6.88. The van der Waals surface area contributed by atoms with Crippen LogP contribution in [0.3, 0.4) is 0 Å². The summed E-state index contributed by atoms with van der Waals surface area (Å²) in [5.74, 6) is 2.01. The van der Waals surface area contributed by atoms with E-state index in [9.17, 15) is 9.59 Å². The van der Waals surface area contributed by atoms with Gasteiger partial charge in [-0.05, 0) is 43.3 Å². The number of H-pyrrole nitrogens is 1. The van der Waals surface area contributed by atoms with E-state index in [-0.39, 0.29) is 18.0 Å². The molecule has 3 N–H and O–H groups in total. The Morgan fingerprint density at radius 2 is 1.85 bits per heavy atom. The van der Waals surface area contributed by atoms with E-state index < -0.39 is 11.6 Å². The zero-order chi connectivity index (χ0) is 27.1. The van der Waals surface area contributed by atoms with Gasteiger partial charge >= 0.3 is 6.03 Å². The molecule has 3 amide bonds. The maximum absolute atomic E-state index is 13.2. The topological polar surface area (TPSA) is 131 Å². The Labute approximate surface area is 224 Å². The third-order valence-corrected chi connectivity index (χ3v) is 6.88. The van der Waals surface area contributed by atoms with Crippen molar-refractivity contribution < 1.29 is 23.8 Å². The van der Waals surface area contributed by atoms with Gasteiger partial charge in [0.15, 0.2) is 11.5 Å². The number of ether oxygens (including phenoxy) is 3. The van der Waals surface area contributed by atoms with E-state index in [4.69, 9.17) is 14.2 Å². The van der Waals surface area contributed by atoms with E-state index in [1.807, 2.05) is 31.2 Å². The molecule has 0 spiro atoms. The van der Waals surface area contributed by atoms with Crippen molar-refractivity contribution in [3.05, 3.63) is 77.9 Å². The lowest BCUT2D eigenvalue weighted by molar-refractivity contribution is 0.0378. The number of aromatic amines is 1. The molecule has 2 bridgehead atoms. The second kappa shape index (κ2) is 9.35. The van der Waals surface area contributed by atoms with Crippen LogP contribution in [-0.2, 0) is 0 Å². The number of hydrogen-bond donors (Lipinski definition) is 3. The van der Waals surface area contributed by atoms with Gasteiger partial charge in [0.2, 0.25) is 5.95 Å². The second-order valence-electron chi connectivity index (χ2n) is 9.47. The Morgan fingerprint density at radius 3 is 2.62 bits per heavy atom. The molecule has 2 aliphatic heterocycles. The summed E-state index contributed by atoms with van der Waals surface area (Å²) in [6.45, 7) is 1.88. The van der Waals surface area contributed by atoms with Crippen LogP contribution in [0, 0.1) is 0 Å². The summed E-state index contributed by atoms with van der Waals surface area (Å²) in [6, 6.07) is 19.3. The van der Waals surface area contributed by atoms with Crippen LogP contribution in [0.15, 0.2) is 66.7 Å². The lowest BCUT2D eigenvalue weighted by atomic mass is 9.90. The Hall–Kier alpha value is -5.06. The number of nitrogens with one attached hydrogen (secondary N) is 3. The van der Waals surface area contributed by atoms with Crippen LogP contribution in [0.2, 0.25) is 0 Å². The first-order valence-electron chi connectivity index (χ1n) is 12.3. The van der Waals surface area contributed by atoms with E-state index in [1.165, 1.54) is 0 Å². The number of amides is 3. The molecule has 11 heteroatoms. The largest absolute Gasteiger partial charge is 0.497 e. The predicted octanol–water partition coefficient (Wildman–Crippen LogP) is 4.51. The highest BCUT2D eigenvalue weighted by molar-refractivity contribution is 6.05. The molecule has 6 rings (SSSR count). The Balaban J connectivity index is 1.23. The molecule has 3 aromatic carbocycles. The average molecular weight is 527 g/mol. The van der Waals surface area contributed by atoms with Crippen molar-refractivity contribution in [2.24, 2.45) is 0 Å². The number of carbonyl (C=O) groups is 2. The van der Waals surface area contributed by atoms with Crippen molar-refractivity contribution in [1.29, 1.82) is 0 Å². The summed E-state index contributed by atoms with van der Waals surface area (Å²) >= 11 is 0. The molecular formula is C28H26N6O5. The molecule has 3 heterocycles. The summed E-state index contributed by atoms with van der Waals surface area (Å²) in [4.78, 5) is 32.3. The number of fused-ring (bicyclic) bond motifs is 4. The maximum atomic E-state index is 13.2. The molecule has 4 aromatic rings. The lowest BCUT2D eigenvalue weighted by Gasteiger charge is -2.50. The van der Waals surface area contributed by atoms with Gasteiger partial charge in [-0.1, -0.05) is 24.3 Å². The minimum atomic E-state index is -0.924. The lowest BCUT2D eigenvalue weighted by Crippen LogP contribution is -2.65. The molecule has 0 unspecified atom stereocenters. The smallest absolute Gasteiger partial charge is 0.325 e. The van der Waals surface area contributed by atoms with Crippen molar-refractivity contribution >= 4 is 23.6 Å². The van der Waals surface area contributed by atoms with Crippen LogP contribution in [0.1, 0.15) is 35.3 Å². The summed E-state index contributed by atoms with van der Waals surface area (Å²) in [6.07, 6.45) is 0.557. The molecule has 2 atom stereocenters. The fourth-order valence-electron chi connectivity index (χ4n) is 5.06. The average Bonchev–Trinajstić information content (AvgIpc) is 3.41. The van der Waals surface area contributed by atoms with Crippen LogP contribution in [0.4, 0.5) is 16.4 Å². The Morgan fingerprint density at radius 1 is 1.08 bits per heavy atom. The molecule has 1 aromatic heterocycles. The summed E-state index contributed by atoms with van der Waals surface area (Å²) in [5.41, 5.74) is 1.57. The van der Waals surface area contributed by atoms with Gasteiger partial charge < -0.3 is 19.5 Å². The molecule has 39 heavy (non-hydrogen) atoms. The Bertz CT molecular complexity index is 1560. The molecule has 0 aliphatic carbocycles. The van der Waals surface area contributed by atoms with Crippen molar-refractivity contribution in [3.8, 4) is 28.6 Å². The first-order chi connectivity index (χ1) is 18.9. The van der Waals surface area contributed by atoms with Gasteiger partial charge in [0.05, 0.1) is 25.9 Å². The summed E-state index contributed by atoms with van der Waals surface area (Å²) < 4.78 is 17.0. The number of rotatable bonds is 6. The standard InChI is InChI=1S/C28H26N6O5/c1-28-15-22(21-9-4-5-10-23(21)39-28)29-27(36)34(28)18-8-6-7-16(11-18)25(35)31-26-30-24(32-33-26)17-12-19(37-2)14-20(13-17)38-3/h4-14,22H,15H2,1-3H3,(H,29,36)(H2,30,31,32,33,35)/t22-,28-/m1/s1. The molecular weight excluding hydrogens is 500 g/mol. The summed E-state index contributed by atoms with van der Waals surface area (Å²) in [7, 11) is 3.12. The highest BCUT2D eigenvalue weighted by Crippen LogP contribution is 2.45. The van der Waals surface area contributed by atoms with E-state index in [1.54, 1.807) is 61.6 Å². The number of para-hydroxylation sites is 1. The van der Waals surface area contributed by atoms with Crippen LogP contribution in [-0.4, -0.2) is 47.1 Å². The van der Waals surface area contributed by atoms with Crippen molar-refractivity contribution in [1.82, 2.24) is 20.5 Å². The monoisotopic (exact) mass is 526 g/mol. The maximum Gasteiger partial charge on any atom is 0.325 e. The SMILES string of the molecule is COc1cc(OC)cc(-c2nc(NC(=O)c3cccc(N4C(=O)N[C@@H]5C[C@@]4(C)Oc4ccccc45)c3)n[nH]2)c1. The van der Waals surface area contributed by atoms with Crippen molar-refractivity contribution in [2.75, 3.05) is 24.4 Å². The number of nitrogens with zero attached hydrogens (tertiary/aromatic N) is 3. The molecule has 0 radical (unpaired) electrons. The van der Waals surface area contributed by atoms with Crippen LogP contribution in [0.25, 0.3) is 11.4 Å². The van der Waals surface area contributed by atoms with Crippen LogP contribution < -0.4 is 29.7 Å². The molecule has 1 fully saturated rings.